The third-order valence-electron chi connectivity index (χ3n) is 4.95. The number of benzene rings is 2. The molecule has 2 aromatic carbocycles. The van der Waals surface area contributed by atoms with Crippen LogP contribution in [0.1, 0.15) is 58.2 Å². The molecular formula is C24H34N2O3S. The molecule has 0 saturated heterocycles. The summed E-state index contributed by atoms with van der Waals surface area (Å²) in [6, 6.07) is 17.0. The Kier molecular flexibility index (Phi) is 7.70. The van der Waals surface area contributed by atoms with Crippen LogP contribution in [0.15, 0.2) is 54.6 Å². The summed E-state index contributed by atoms with van der Waals surface area (Å²) in [6.07, 6.45) is 1.90. The standard InChI is InChI=1S/C24H34N2O3S/c1-18(2)16-22(19-10-8-7-9-11-19)25-23(27)17-26(30(6,28)29)21-14-12-20(13-15-21)24(3,4)5/h7-15,18,22H,16-17H2,1-6H3,(H,25,27)/t22-/m0/s1. The van der Waals surface area contributed by atoms with Crippen molar-refractivity contribution >= 4 is 21.6 Å². The second-order valence-corrected chi connectivity index (χ2v) is 11.1. The molecule has 0 bridgehead atoms. The number of hydrogen-bond donors (Lipinski definition) is 1. The lowest BCUT2D eigenvalue weighted by molar-refractivity contribution is -0.120. The zero-order valence-electron chi connectivity index (χ0n) is 18.8. The van der Waals surface area contributed by atoms with E-state index in [0.717, 1.165) is 28.1 Å². The highest BCUT2D eigenvalue weighted by molar-refractivity contribution is 7.92. The molecular weight excluding hydrogens is 396 g/mol. The summed E-state index contributed by atoms with van der Waals surface area (Å²) in [5.41, 5.74) is 2.57. The van der Waals surface area contributed by atoms with E-state index < -0.39 is 10.0 Å². The van der Waals surface area contributed by atoms with Gasteiger partial charge in [0, 0.05) is 0 Å². The molecule has 164 valence electrons. The van der Waals surface area contributed by atoms with Crippen LogP contribution in [0.2, 0.25) is 0 Å². The van der Waals surface area contributed by atoms with E-state index in [1.165, 1.54) is 0 Å². The predicted molar refractivity (Wildman–Crippen MR) is 124 cm³/mol. The predicted octanol–water partition coefficient (Wildman–Crippen LogP) is 4.65. The lowest BCUT2D eigenvalue weighted by atomic mass is 9.87. The Morgan fingerprint density at radius 2 is 1.57 bits per heavy atom. The minimum Gasteiger partial charge on any atom is -0.348 e. The van der Waals surface area contributed by atoms with E-state index in [1.807, 2.05) is 42.5 Å². The Morgan fingerprint density at radius 1 is 1.00 bits per heavy atom. The van der Waals surface area contributed by atoms with Crippen molar-refractivity contribution in [3.05, 3.63) is 65.7 Å². The van der Waals surface area contributed by atoms with Crippen LogP contribution < -0.4 is 9.62 Å². The van der Waals surface area contributed by atoms with Crippen LogP contribution in [-0.2, 0) is 20.2 Å². The third-order valence-corrected chi connectivity index (χ3v) is 6.09. The second-order valence-electron chi connectivity index (χ2n) is 9.23. The van der Waals surface area contributed by atoms with Gasteiger partial charge < -0.3 is 5.32 Å². The first-order valence-electron chi connectivity index (χ1n) is 10.3. The molecule has 0 aromatic heterocycles. The number of amides is 1. The summed E-state index contributed by atoms with van der Waals surface area (Å²) in [7, 11) is -3.61. The fraction of sp³-hybridized carbons (Fsp3) is 0.458. The highest BCUT2D eigenvalue weighted by atomic mass is 32.2. The smallest absolute Gasteiger partial charge is 0.241 e. The number of carbonyl (C=O) groups excluding carboxylic acids is 1. The van der Waals surface area contributed by atoms with E-state index in [4.69, 9.17) is 0 Å². The molecule has 5 nitrogen and oxygen atoms in total. The average molecular weight is 431 g/mol. The molecule has 0 radical (unpaired) electrons. The largest absolute Gasteiger partial charge is 0.348 e. The average Bonchev–Trinajstić information content (AvgIpc) is 2.64. The molecule has 30 heavy (non-hydrogen) atoms. The van der Waals surface area contributed by atoms with Crippen LogP contribution in [0, 0.1) is 5.92 Å². The maximum absolute atomic E-state index is 12.8. The summed E-state index contributed by atoms with van der Waals surface area (Å²) in [4.78, 5) is 12.8. The van der Waals surface area contributed by atoms with Gasteiger partial charge in [0.15, 0.2) is 0 Å². The molecule has 2 aromatic rings. The summed E-state index contributed by atoms with van der Waals surface area (Å²) >= 11 is 0. The van der Waals surface area contributed by atoms with Crippen molar-refractivity contribution in [2.24, 2.45) is 5.92 Å². The van der Waals surface area contributed by atoms with Crippen molar-refractivity contribution in [3.8, 4) is 0 Å². The highest BCUT2D eigenvalue weighted by Gasteiger charge is 2.24. The van der Waals surface area contributed by atoms with Crippen molar-refractivity contribution in [2.45, 2.75) is 52.5 Å². The SMILES string of the molecule is CC(C)C[C@H](NC(=O)CN(c1ccc(C(C)(C)C)cc1)S(C)(=O)=O)c1ccccc1. The topological polar surface area (TPSA) is 66.5 Å². The van der Waals surface area contributed by atoms with Gasteiger partial charge in [0.25, 0.3) is 0 Å². The van der Waals surface area contributed by atoms with E-state index in [0.29, 0.717) is 11.6 Å². The molecule has 0 aliphatic rings. The molecule has 6 heteroatoms. The maximum atomic E-state index is 12.8. The first kappa shape index (κ1) is 23.9. The van der Waals surface area contributed by atoms with E-state index >= 15 is 0 Å². The van der Waals surface area contributed by atoms with Crippen LogP contribution >= 0.6 is 0 Å². The minimum atomic E-state index is -3.61. The van der Waals surface area contributed by atoms with E-state index in [-0.39, 0.29) is 23.9 Å². The molecule has 2 rings (SSSR count). The Morgan fingerprint density at radius 3 is 2.03 bits per heavy atom. The van der Waals surface area contributed by atoms with Crippen LogP contribution in [0.4, 0.5) is 5.69 Å². The van der Waals surface area contributed by atoms with Gasteiger partial charge in [-0.3, -0.25) is 9.10 Å². The molecule has 0 aliphatic heterocycles. The second kappa shape index (κ2) is 9.65. The molecule has 0 fully saturated rings. The molecule has 0 unspecified atom stereocenters. The fourth-order valence-corrected chi connectivity index (χ4v) is 4.19. The Balaban J connectivity index is 2.22. The van der Waals surface area contributed by atoms with Crippen LogP contribution in [0.5, 0.6) is 0 Å². The zero-order valence-corrected chi connectivity index (χ0v) is 19.7. The van der Waals surface area contributed by atoms with Crippen molar-refractivity contribution in [3.63, 3.8) is 0 Å². The normalized spacial score (nSPS) is 13.2. The van der Waals surface area contributed by atoms with E-state index in [9.17, 15) is 13.2 Å². The number of anilines is 1. The van der Waals surface area contributed by atoms with Crippen molar-refractivity contribution in [1.29, 1.82) is 0 Å². The summed E-state index contributed by atoms with van der Waals surface area (Å²) in [5.74, 6) is 0.0567. The summed E-state index contributed by atoms with van der Waals surface area (Å²) in [6.45, 7) is 10.2. The maximum Gasteiger partial charge on any atom is 0.241 e. The van der Waals surface area contributed by atoms with Crippen molar-refractivity contribution in [1.82, 2.24) is 5.32 Å². The molecule has 0 saturated carbocycles. The zero-order chi connectivity index (χ0) is 22.5. The lowest BCUT2D eigenvalue weighted by Crippen LogP contribution is -2.41. The van der Waals surface area contributed by atoms with Gasteiger partial charge in [0.1, 0.15) is 6.54 Å². The first-order chi connectivity index (χ1) is 13.9. The summed E-state index contributed by atoms with van der Waals surface area (Å²) < 4.78 is 26.0. The van der Waals surface area contributed by atoms with Gasteiger partial charge in [-0.1, -0.05) is 77.1 Å². The van der Waals surface area contributed by atoms with Gasteiger partial charge in [-0.25, -0.2) is 8.42 Å². The number of nitrogens with zero attached hydrogens (tertiary/aromatic N) is 1. The highest BCUT2D eigenvalue weighted by Crippen LogP contribution is 2.26. The van der Waals surface area contributed by atoms with Gasteiger partial charge >= 0.3 is 0 Å². The monoisotopic (exact) mass is 430 g/mol. The van der Waals surface area contributed by atoms with Gasteiger partial charge in [-0.2, -0.15) is 0 Å². The van der Waals surface area contributed by atoms with E-state index in [1.54, 1.807) is 12.1 Å². The fourth-order valence-electron chi connectivity index (χ4n) is 3.33. The molecule has 1 atom stereocenters. The lowest BCUT2D eigenvalue weighted by Gasteiger charge is -2.26. The number of hydrogen-bond acceptors (Lipinski definition) is 3. The number of sulfonamides is 1. The van der Waals surface area contributed by atoms with Crippen molar-refractivity contribution < 1.29 is 13.2 Å². The first-order valence-corrected chi connectivity index (χ1v) is 12.2. The summed E-state index contributed by atoms with van der Waals surface area (Å²) in [5, 5.41) is 3.03. The molecule has 1 N–H and O–H groups in total. The molecule has 1 amide bonds. The van der Waals surface area contributed by atoms with Crippen LogP contribution in [-0.4, -0.2) is 27.1 Å². The Hall–Kier alpha value is -2.34. The number of carbonyl (C=O) groups is 1. The third kappa shape index (κ3) is 6.87. The number of rotatable bonds is 8. The van der Waals surface area contributed by atoms with Crippen LogP contribution in [0.25, 0.3) is 0 Å². The van der Waals surface area contributed by atoms with Crippen LogP contribution in [0.3, 0.4) is 0 Å². The molecule has 0 heterocycles. The van der Waals surface area contributed by atoms with Crippen molar-refractivity contribution in [2.75, 3.05) is 17.1 Å². The minimum absolute atomic E-state index is 0.0361. The Labute approximate surface area is 181 Å². The van der Waals surface area contributed by atoms with Gasteiger partial charge in [0.2, 0.25) is 15.9 Å². The Bertz CT molecular complexity index is 931. The molecule has 0 spiro atoms. The van der Waals surface area contributed by atoms with Gasteiger partial charge in [-0.05, 0) is 41.0 Å². The quantitative estimate of drug-likeness (QED) is 0.663. The number of nitrogens with one attached hydrogen (secondary N) is 1. The van der Waals surface area contributed by atoms with Gasteiger partial charge in [0.05, 0.1) is 18.0 Å². The van der Waals surface area contributed by atoms with Gasteiger partial charge in [-0.15, -0.1) is 0 Å². The van der Waals surface area contributed by atoms with E-state index in [2.05, 4.69) is 39.9 Å². The molecule has 0 aliphatic carbocycles.